The van der Waals surface area contributed by atoms with Crippen LogP contribution in [-0.2, 0) is 4.79 Å². The zero-order valence-electron chi connectivity index (χ0n) is 5.92. The Morgan fingerprint density at radius 2 is 2.23 bits per heavy atom. The van der Waals surface area contributed by atoms with E-state index in [2.05, 4.69) is 4.98 Å². The van der Waals surface area contributed by atoms with E-state index in [1.54, 1.807) is 0 Å². The fourth-order valence-electron chi connectivity index (χ4n) is 0.554. The molecule has 1 aromatic rings. The third kappa shape index (κ3) is 2.65. The summed E-state index contributed by atoms with van der Waals surface area (Å²) < 4.78 is 12.7. The highest BCUT2D eigenvalue weighted by Crippen LogP contribution is 2.28. The van der Waals surface area contributed by atoms with Gasteiger partial charge in [0.1, 0.15) is 5.15 Å². The molecule has 0 aliphatic rings. The number of hydrogen-bond acceptors (Lipinski definition) is 3. The normalized spacial score (nSPS) is 11.8. The van der Waals surface area contributed by atoms with Crippen LogP contribution in [0.25, 0.3) is 6.08 Å². The fraction of sp³-hybridized carbons (Fsp3) is 0. The molecule has 1 heterocycles. The molecule has 0 amide bonds. The van der Waals surface area contributed by atoms with Crippen molar-refractivity contribution in [1.29, 1.82) is 0 Å². The number of rotatable bonds is 2. The van der Waals surface area contributed by atoms with E-state index in [0.717, 1.165) is 17.4 Å². The molecule has 0 aliphatic carbocycles. The summed E-state index contributed by atoms with van der Waals surface area (Å²) in [5.74, 6) is -2.96. The van der Waals surface area contributed by atoms with Gasteiger partial charge in [0.05, 0.1) is 4.88 Å². The zero-order valence-corrected chi connectivity index (χ0v) is 8.25. The molecule has 0 fully saturated rings. The Balaban J connectivity index is 3.03. The van der Waals surface area contributed by atoms with E-state index in [0.29, 0.717) is 0 Å². The maximum Gasteiger partial charge on any atom is 0.364 e. The van der Waals surface area contributed by atoms with Gasteiger partial charge in [-0.15, -0.1) is 11.3 Å². The minimum absolute atomic E-state index is 0.00796. The standard InChI is InChI=1S/C6H2Cl2FNO2S/c7-4-3(13-6(8)10-4)1-2(9)5(11)12/h1H,(H,11,12)/b2-1-. The highest BCUT2D eigenvalue weighted by atomic mass is 35.5. The highest BCUT2D eigenvalue weighted by Gasteiger charge is 2.10. The largest absolute Gasteiger partial charge is 0.476 e. The number of hydrogen-bond donors (Lipinski definition) is 1. The number of nitrogens with zero attached hydrogens (tertiary/aromatic N) is 1. The first kappa shape index (κ1) is 10.4. The lowest BCUT2D eigenvalue weighted by Crippen LogP contribution is -1.93. The summed E-state index contributed by atoms with van der Waals surface area (Å²) in [6.07, 6.45) is 0.772. The van der Waals surface area contributed by atoms with Crippen LogP contribution in [0.1, 0.15) is 4.88 Å². The second kappa shape index (κ2) is 4.04. The van der Waals surface area contributed by atoms with Crippen molar-refractivity contribution in [2.24, 2.45) is 0 Å². The summed E-state index contributed by atoms with van der Waals surface area (Å²) in [7, 11) is 0. The monoisotopic (exact) mass is 241 g/mol. The van der Waals surface area contributed by atoms with Crippen molar-refractivity contribution in [2.45, 2.75) is 0 Å². The van der Waals surface area contributed by atoms with E-state index >= 15 is 0 Å². The average Bonchev–Trinajstić information content (AvgIpc) is 2.30. The van der Waals surface area contributed by atoms with E-state index in [1.807, 2.05) is 0 Å². The summed E-state index contributed by atoms with van der Waals surface area (Å²) in [5, 5.41) is 8.20. The molecule has 0 atom stereocenters. The lowest BCUT2D eigenvalue weighted by molar-refractivity contribution is -0.134. The topological polar surface area (TPSA) is 50.2 Å². The predicted molar refractivity (Wildman–Crippen MR) is 48.9 cm³/mol. The van der Waals surface area contributed by atoms with Gasteiger partial charge >= 0.3 is 5.97 Å². The lowest BCUT2D eigenvalue weighted by Gasteiger charge is -1.86. The van der Waals surface area contributed by atoms with Gasteiger partial charge in [0.15, 0.2) is 4.47 Å². The van der Waals surface area contributed by atoms with Gasteiger partial charge in [0.2, 0.25) is 5.83 Å². The van der Waals surface area contributed by atoms with Gasteiger partial charge in [-0.25, -0.2) is 9.78 Å². The van der Waals surface area contributed by atoms with Gasteiger partial charge in [-0.05, 0) is 0 Å². The number of carboxylic acid groups (broad SMARTS) is 1. The number of carboxylic acids is 1. The van der Waals surface area contributed by atoms with E-state index < -0.39 is 11.8 Å². The van der Waals surface area contributed by atoms with Gasteiger partial charge < -0.3 is 5.11 Å². The molecule has 3 nitrogen and oxygen atoms in total. The minimum Gasteiger partial charge on any atom is -0.476 e. The van der Waals surface area contributed by atoms with Crippen molar-refractivity contribution < 1.29 is 14.3 Å². The highest BCUT2D eigenvalue weighted by molar-refractivity contribution is 7.17. The molecule has 0 aliphatic heterocycles. The van der Waals surface area contributed by atoms with Crippen LogP contribution in [0.4, 0.5) is 4.39 Å². The van der Waals surface area contributed by atoms with Crippen molar-refractivity contribution in [2.75, 3.05) is 0 Å². The van der Waals surface area contributed by atoms with Crippen LogP contribution in [0.5, 0.6) is 0 Å². The van der Waals surface area contributed by atoms with Gasteiger partial charge in [0.25, 0.3) is 0 Å². The number of aromatic nitrogens is 1. The fourth-order valence-corrected chi connectivity index (χ4v) is 1.85. The maximum absolute atomic E-state index is 12.5. The third-order valence-electron chi connectivity index (χ3n) is 1.05. The summed E-state index contributed by atoms with van der Waals surface area (Å²) in [6, 6.07) is 0. The smallest absolute Gasteiger partial charge is 0.364 e. The Bertz CT molecular complexity index is 377. The Morgan fingerprint density at radius 1 is 1.62 bits per heavy atom. The lowest BCUT2D eigenvalue weighted by atomic mass is 10.4. The van der Waals surface area contributed by atoms with Crippen LogP contribution in [-0.4, -0.2) is 16.1 Å². The molecule has 1 aromatic heterocycles. The molecule has 1 N–H and O–H groups in total. The quantitative estimate of drug-likeness (QED) is 0.811. The second-order valence-electron chi connectivity index (χ2n) is 1.92. The Hall–Kier alpha value is -0.650. The zero-order chi connectivity index (χ0) is 10.0. The van der Waals surface area contributed by atoms with Crippen LogP contribution in [0.2, 0.25) is 9.62 Å². The van der Waals surface area contributed by atoms with Crippen LogP contribution in [0.3, 0.4) is 0 Å². The van der Waals surface area contributed by atoms with Crippen molar-refractivity contribution in [3.8, 4) is 0 Å². The number of halogens is 3. The van der Waals surface area contributed by atoms with Crippen LogP contribution < -0.4 is 0 Å². The Kier molecular flexibility index (Phi) is 3.24. The minimum atomic E-state index is -1.65. The molecule has 70 valence electrons. The van der Waals surface area contributed by atoms with Gasteiger partial charge in [0, 0.05) is 6.08 Å². The second-order valence-corrected chi connectivity index (χ2v) is 3.89. The van der Waals surface area contributed by atoms with Crippen LogP contribution in [0.15, 0.2) is 5.83 Å². The van der Waals surface area contributed by atoms with Crippen molar-refractivity contribution >= 4 is 46.6 Å². The first-order chi connectivity index (χ1) is 6.00. The molecule has 0 aromatic carbocycles. The van der Waals surface area contributed by atoms with E-state index in [4.69, 9.17) is 28.3 Å². The molecule has 13 heavy (non-hydrogen) atoms. The molecule has 0 saturated heterocycles. The third-order valence-corrected chi connectivity index (χ3v) is 2.55. The molecule has 0 spiro atoms. The number of aliphatic carboxylic acids is 1. The predicted octanol–water partition coefficient (Wildman–Crippen LogP) is 2.84. The number of thiazole rings is 1. The van der Waals surface area contributed by atoms with Gasteiger partial charge in [-0.1, -0.05) is 23.2 Å². The molecule has 7 heteroatoms. The van der Waals surface area contributed by atoms with E-state index in [-0.39, 0.29) is 14.5 Å². The molecule has 0 saturated carbocycles. The van der Waals surface area contributed by atoms with Crippen molar-refractivity contribution in [3.63, 3.8) is 0 Å². The first-order valence-corrected chi connectivity index (χ1v) is 4.50. The first-order valence-electron chi connectivity index (χ1n) is 2.93. The molecular weight excluding hydrogens is 240 g/mol. The van der Waals surface area contributed by atoms with Gasteiger partial charge in [-0.2, -0.15) is 4.39 Å². The SMILES string of the molecule is O=C(O)/C(F)=C/c1sc(Cl)nc1Cl. The molecule has 0 unspecified atom stereocenters. The molecule has 0 radical (unpaired) electrons. The van der Waals surface area contributed by atoms with Crippen LogP contribution in [0, 0.1) is 0 Å². The number of carbonyl (C=O) groups is 1. The molecule has 0 bridgehead atoms. The van der Waals surface area contributed by atoms with E-state index in [9.17, 15) is 9.18 Å². The Morgan fingerprint density at radius 3 is 2.62 bits per heavy atom. The summed E-state index contributed by atoms with van der Waals surface area (Å²) in [6.45, 7) is 0. The summed E-state index contributed by atoms with van der Waals surface area (Å²) >= 11 is 11.9. The Labute approximate surface area is 86.4 Å². The molecular formula is C6H2Cl2FNO2S. The summed E-state index contributed by atoms with van der Waals surface area (Å²) in [5.41, 5.74) is 0. The maximum atomic E-state index is 12.5. The molecule has 1 rings (SSSR count). The van der Waals surface area contributed by atoms with Crippen LogP contribution >= 0.6 is 34.5 Å². The van der Waals surface area contributed by atoms with Crippen molar-refractivity contribution in [3.05, 3.63) is 20.3 Å². The van der Waals surface area contributed by atoms with E-state index in [1.165, 1.54) is 0 Å². The summed E-state index contributed by atoms with van der Waals surface area (Å²) in [4.78, 5) is 13.8. The average molecular weight is 242 g/mol. The van der Waals surface area contributed by atoms with Gasteiger partial charge in [-0.3, -0.25) is 0 Å². The van der Waals surface area contributed by atoms with Crippen molar-refractivity contribution in [1.82, 2.24) is 4.98 Å².